The highest BCUT2D eigenvalue weighted by molar-refractivity contribution is 6.30. The van der Waals surface area contributed by atoms with Crippen LogP contribution in [-0.4, -0.2) is 24.0 Å². The first-order chi connectivity index (χ1) is 12.7. The summed E-state index contributed by atoms with van der Waals surface area (Å²) in [7, 11) is 0. The Labute approximate surface area is 157 Å². The summed E-state index contributed by atoms with van der Waals surface area (Å²) in [5.41, 5.74) is 2.67. The van der Waals surface area contributed by atoms with Crippen molar-refractivity contribution in [3.8, 4) is 0 Å². The predicted octanol–water partition coefficient (Wildman–Crippen LogP) is 4.01. The molecule has 2 heterocycles. The zero-order chi connectivity index (χ0) is 17.9. The molecule has 1 fully saturated rings. The van der Waals surface area contributed by atoms with E-state index in [9.17, 15) is 4.79 Å². The topological polar surface area (TPSA) is 58.4 Å². The monoisotopic (exact) mass is 369 g/mol. The molecule has 0 saturated carbocycles. The third kappa shape index (κ3) is 3.68. The molecule has 0 aliphatic carbocycles. The Kier molecular flexibility index (Phi) is 4.80. The van der Waals surface area contributed by atoms with Crippen molar-refractivity contribution in [2.75, 3.05) is 18.0 Å². The van der Waals surface area contributed by atoms with Crippen LogP contribution in [0.25, 0.3) is 11.1 Å². The normalized spacial score (nSPS) is 15.3. The van der Waals surface area contributed by atoms with Gasteiger partial charge in [-0.25, -0.2) is 0 Å². The molecule has 1 aliphatic heterocycles. The number of piperidine rings is 1. The summed E-state index contributed by atoms with van der Waals surface area (Å²) in [6.45, 7) is 2.04. The summed E-state index contributed by atoms with van der Waals surface area (Å²) < 4.78 is 5.82. The van der Waals surface area contributed by atoms with Crippen LogP contribution in [0.3, 0.4) is 0 Å². The van der Waals surface area contributed by atoms with Crippen molar-refractivity contribution in [3.05, 3.63) is 59.1 Å². The van der Waals surface area contributed by atoms with Gasteiger partial charge in [-0.1, -0.05) is 35.9 Å². The van der Waals surface area contributed by atoms with E-state index in [-0.39, 0.29) is 11.8 Å². The highest BCUT2D eigenvalue weighted by Crippen LogP contribution is 2.26. The third-order valence-electron chi connectivity index (χ3n) is 4.77. The number of nitrogens with zero attached hydrogens (tertiary/aromatic N) is 2. The molecule has 0 spiro atoms. The van der Waals surface area contributed by atoms with Gasteiger partial charge in [0.2, 0.25) is 5.91 Å². The van der Waals surface area contributed by atoms with E-state index >= 15 is 0 Å². The van der Waals surface area contributed by atoms with Gasteiger partial charge in [0.05, 0.1) is 0 Å². The number of benzene rings is 2. The average Bonchev–Trinajstić information content (AvgIpc) is 3.10. The van der Waals surface area contributed by atoms with Gasteiger partial charge in [-0.15, -0.1) is 0 Å². The van der Waals surface area contributed by atoms with Crippen LogP contribution in [0.2, 0.25) is 5.02 Å². The SMILES string of the molecule is O=C(NCc1cccc(Cl)c1)C1CCN(c2nc3ccccc3o2)CC1. The van der Waals surface area contributed by atoms with E-state index in [1.54, 1.807) is 0 Å². The standard InChI is InChI=1S/C20H20ClN3O2/c21-16-5-3-4-14(12-16)13-22-19(25)15-8-10-24(11-9-15)20-23-17-6-1-2-7-18(17)26-20/h1-7,12,15H,8-11,13H2,(H,22,25). The van der Waals surface area contributed by atoms with Gasteiger partial charge in [-0.3, -0.25) is 4.79 Å². The molecule has 5 nitrogen and oxygen atoms in total. The summed E-state index contributed by atoms with van der Waals surface area (Å²) >= 11 is 5.98. The molecule has 26 heavy (non-hydrogen) atoms. The predicted molar refractivity (Wildman–Crippen MR) is 102 cm³/mol. The van der Waals surface area contributed by atoms with Crippen molar-refractivity contribution in [1.82, 2.24) is 10.3 Å². The van der Waals surface area contributed by atoms with Gasteiger partial charge in [0, 0.05) is 30.6 Å². The zero-order valence-corrected chi connectivity index (χ0v) is 15.1. The van der Waals surface area contributed by atoms with Crippen molar-refractivity contribution in [2.45, 2.75) is 19.4 Å². The lowest BCUT2D eigenvalue weighted by molar-refractivity contribution is -0.125. The van der Waals surface area contributed by atoms with Crippen molar-refractivity contribution >= 4 is 34.6 Å². The van der Waals surface area contributed by atoms with Crippen LogP contribution in [0.4, 0.5) is 6.01 Å². The highest BCUT2D eigenvalue weighted by atomic mass is 35.5. The van der Waals surface area contributed by atoms with Crippen LogP contribution < -0.4 is 10.2 Å². The molecule has 0 bridgehead atoms. The number of oxazole rings is 1. The zero-order valence-electron chi connectivity index (χ0n) is 14.3. The van der Waals surface area contributed by atoms with Crippen molar-refractivity contribution in [1.29, 1.82) is 0 Å². The number of carbonyl (C=O) groups excluding carboxylic acids is 1. The highest BCUT2D eigenvalue weighted by Gasteiger charge is 2.27. The number of fused-ring (bicyclic) bond motifs is 1. The molecule has 0 radical (unpaired) electrons. The lowest BCUT2D eigenvalue weighted by Gasteiger charge is -2.30. The molecular formula is C20H20ClN3O2. The van der Waals surface area contributed by atoms with E-state index in [0.29, 0.717) is 17.6 Å². The number of nitrogens with one attached hydrogen (secondary N) is 1. The van der Waals surface area contributed by atoms with Crippen molar-refractivity contribution < 1.29 is 9.21 Å². The Bertz CT molecular complexity index is 883. The second kappa shape index (κ2) is 7.38. The largest absolute Gasteiger partial charge is 0.423 e. The quantitative estimate of drug-likeness (QED) is 0.754. The molecule has 6 heteroatoms. The number of halogens is 1. The average molecular weight is 370 g/mol. The fourth-order valence-corrected chi connectivity index (χ4v) is 3.52. The Morgan fingerprint density at radius 2 is 2.00 bits per heavy atom. The number of carbonyl (C=O) groups is 1. The first kappa shape index (κ1) is 16.9. The van der Waals surface area contributed by atoms with E-state index in [2.05, 4.69) is 15.2 Å². The van der Waals surface area contributed by atoms with Crippen LogP contribution >= 0.6 is 11.6 Å². The van der Waals surface area contributed by atoms with Crippen molar-refractivity contribution in [2.24, 2.45) is 5.92 Å². The van der Waals surface area contributed by atoms with E-state index in [4.69, 9.17) is 16.0 Å². The summed E-state index contributed by atoms with van der Waals surface area (Å²) in [4.78, 5) is 19.1. The maximum absolute atomic E-state index is 12.4. The fraction of sp³-hybridized carbons (Fsp3) is 0.300. The minimum absolute atomic E-state index is 0.0230. The molecule has 0 unspecified atom stereocenters. The number of hydrogen-bond acceptors (Lipinski definition) is 4. The number of hydrogen-bond donors (Lipinski definition) is 1. The molecule has 1 saturated heterocycles. The van der Waals surface area contributed by atoms with Crippen LogP contribution in [0, 0.1) is 5.92 Å². The Morgan fingerprint density at radius 3 is 2.77 bits per heavy atom. The van der Waals surface area contributed by atoms with Gasteiger partial charge in [-0.05, 0) is 42.7 Å². The van der Waals surface area contributed by atoms with Crippen LogP contribution in [0.1, 0.15) is 18.4 Å². The number of para-hydroxylation sites is 2. The molecule has 2 aromatic carbocycles. The van der Waals surface area contributed by atoms with Gasteiger partial charge < -0.3 is 14.6 Å². The Morgan fingerprint density at radius 1 is 1.19 bits per heavy atom. The van der Waals surface area contributed by atoms with Crippen LogP contribution in [0.15, 0.2) is 52.9 Å². The smallest absolute Gasteiger partial charge is 0.298 e. The van der Waals surface area contributed by atoms with E-state index < -0.39 is 0 Å². The lowest BCUT2D eigenvalue weighted by atomic mass is 9.96. The maximum atomic E-state index is 12.4. The van der Waals surface area contributed by atoms with Crippen LogP contribution in [-0.2, 0) is 11.3 Å². The Hall–Kier alpha value is -2.53. The minimum atomic E-state index is 0.0230. The number of anilines is 1. The molecule has 0 atom stereocenters. The molecular weight excluding hydrogens is 350 g/mol. The van der Waals surface area contributed by atoms with Crippen LogP contribution in [0.5, 0.6) is 0 Å². The van der Waals surface area contributed by atoms with Gasteiger partial charge in [0.1, 0.15) is 5.52 Å². The first-order valence-electron chi connectivity index (χ1n) is 8.82. The van der Waals surface area contributed by atoms with E-state index in [0.717, 1.165) is 42.6 Å². The number of rotatable bonds is 4. The Balaban J connectivity index is 1.32. The lowest BCUT2D eigenvalue weighted by Crippen LogP contribution is -2.40. The van der Waals surface area contributed by atoms with Crippen molar-refractivity contribution in [3.63, 3.8) is 0 Å². The molecule has 1 aromatic heterocycles. The third-order valence-corrected chi connectivity index (χ3v) is 5.01. The molecule has 134 valence electrons. The molecule has 3 aromatic rings. The summed E-state index contributed by atoms with van der Waals surface area (Å²) in [5.74, 6) is 0.122. The molecule has 1 N–H and O–H groups in total. The second-order valence-corrected chi connectivity index (χ2v) is 7.01. The van der Waals surface area contributed by atoms with E-state index in [1.807, 2.05) is 48.5 Å². The summed E-state index contributed by atoms with van der Waals surface area (Å²) in [6.07, 6.45) is 1.58. The molecule has 1 aliphatic rings. The summed E-state index contributed by atoms with van der Waals surface area (Å²) in [6, 6.07) is 15.9. The number of amides is 1. The van der Waals surface area contributed by atoms with Gasteiger partial charge in [0.25, 0.3) is 6.01 Å². The second-order valence-electron chi connectivity index (χ2n) is 6.57. The molecule has 4 rings (SSSR count). The summed E-state index contributed by atoms with van der Waals surface area (Å²) in [5, 5.41) is 3.70. The van der Waals surface area contributed by atoms with Gasteiger partial charge in [0.15, 0.2) is 5.58 Å². The van der Waals surface area contributed by atoms with E-state index in [1.165, 1.54) is 0 Å². The molecule has 1 amide bonds. The van der Waals surface area contributed by atoms with Gasteiger partial charge >= 0.3 is 0 Å². The maximum Gasteiger partial charge on any atom is 0.298 e. The first-order valence-corrected chi connectivity index (χ1v) is 9.19. The fourth-order valence-electron chi connectivity index (χ4n) is 3.31. The van der Waals surface area contributed by atoms with Gasteiger partial charge in [-0.2, -0.15) is 4.98 Å². The minimum Gasteiger partial charge on any atom is -0.423 e. The number of aromatic nitrogens is 1.